The van der Waals surface area contributed by atoms with Gasteiger partial charge in [0.1, 0.15) is 15.5 Å². The topological polar surface area (TPSA) is 107 Å². The molecular formula is C11H15N5O2S. The molecule has 8 heteroatoms. The number of nitrogens with zero attached hydrogens (tertiary/aromatic N) is 3. The summed E-state index contributed by atoms with van der Waals surface area (Å²) < 4.78 is 4.95. The largest absolute Gasteiger partial charge is 0.462 e. The number of carbonyl (C=O) groups excluding carboxylic acids is 1. The Morgan fingerprint density at radius 3 is 2.63 bits per heavy atom. The Labute approximate surface area is 114 Å². The van der Waals surface area contributed by atoms with Crippen molar-refractivity contribution in [3.8, 4) is 0 Å². The smallest absolute Gasteiger partial charge is 0.350 e. The van der Waals surface area contributed by atoms with E-state index in [0.717, 1.165) is 11.3 Å². The maximum atomic E-state index is 11.8. The quantitative estimate of drug-likeness (QED) is 0.811. The number of rotatable bonds is 3. The highest BCUT2D eigenvalue weighted by molar-refractivity contribution is 7.21. The fraction of sp³-hybridized carbons (Fsp3) is 0.364. The van der Waals surface area contributed by atoms with Gasteiger partial charge < -0.3 is 21.1 Å². The Balaban J connectivity index is 2.62. The molecule has 4 N–H and O–H groups in total. The number of aromatic nitrogens is 2. The zero-order chi connectivity index (χ0) is 14.2. The Hall–Kier alpha value is -2.09. The minimum absolute atomic E-state index is 0.262. The minimum atomic E-state index is -0.464. The molecule has 0 spiro atoms. The van der Waals surface area contributed by atoms with Gasteiger partial charge in [0.15, 0.2) is 0 Å². The number of hydrogen-bond donors (Lipinski definition) is 2. The van der Waals surface area contributed by atoms with E-state index in [9.17, 15) is 4.79 Å². The second kappa shape index (κ2) is 4.88. The van der Waals surface area contributed by atoms with Crippen LogP contribution in [0.1, 0.15) is 16.6 Å². The molecule has 2 heterocycles. The molecular weight excluding hydrogens is 266 g/mol. The number of nitrogen functional groups attached to an aromatic ring is 2. The lowest BCUT2D eigenvalue weighted by molar-refractivity contribution is 0.0533. The van der Waals surface area contributed by atoms with E-state index in [1.807, 2.05) is 14.1 Å². The van der Waals surface area contributed by atoms with E-state index >= 15 is 0 Å². The molecule has 0 radical (unpaired) electrons. The van der Waals surface area contributed by atoms with Crippen LogP contribution in [-0.4, -0.2) is 36.6 Å². The van der Waals surface area contributed by atoms with Gasteiger partial charge in [-0.1, -0.05) is 0 Å². The predicted octanol–water partition coefficient (Wildman–Crippen LogP) is 1.10. The molecule has 19 heavy (non-hydrogen) atoms. The average molecular weight is 281 g/mol. The fourth-order valence-electron chi connectivity index (χ4n) is 1.59. The van der Waals surface area contributed by atoms with Gasteiger partial charge in [-0.15, -0.1) is 11.3 Å². The summed E-state index contributed by atoms with van der Waals surface area (Å²) in [5.74, 6) is 0.272. The average Bonchev–Trinajstić information content (AvgIpc) is 2.67. The van der Waals surface area contributed by atoms with Gasteiger partial charge in [-0.25, -0.2) is 9.78 Å². The molecule has 0 amide bonds. The molecule has 2 rings (SSSR count). The first-order valence-electron chi connectivity index (χ1n) is 5.65. The van der Waals surface area contributed by atoms with Gasteiger partial charge in [-0.3, -0.25) is 0 Å². The predicted molar refractivity (Wildman–Crippen MR) is 76.5 cm³/mol. The summed E-state index contributed by atoms with van der Waals surface area (Å²) in [5, 5.41) is 0.513. The van der Waals surface area contributed by atoms with E-state index in [-0.39, 0.29) is 18.1 Å². The number of ether oxygens (including phenoxy) is 1. The van der Waals surface area contributed by atoms with Crippen molar-refractivity contribution in [2.75, 3.05) is 37.1 Å². The molecule has 7 nitrogen and oxygen atoms in total. The van der Waals surface area contributed by atoms with Crippen LogP contribution in [-0.2, 0) is 4.74 Å². The third-order valence-corrected chi connectivity index (χ3v) is 3.54. The van der Waals surface area contributed by atoms with Crippen molar-refractivity contribution in [1.29, 1.82) is 0 Å². The van der Waals surface area contributed by atoms with Crippen LogP contribution in [0.2, 0.25) is 0 Å². The molecule has 0 saturated carbocycles. The van der Waals surface area contributed by atoms with Gasteiger partial charge in [0.05, 0.1) is 17.7 Å². The van der Waals surface area contributed by atoms with Gasteiger partial charge in [0.25, 0.3) is 0 Å². The molecule has 2 aromatic heterocycles. The zero-order valence-electron chi connectivity index (χ0n) is 10.9. The van der Waals surface area contributed by atoms with E-state index in [0.29, 0.717) is 21.0 Å². The van der Waals surface area contributed by atoms with Crippen molar-refractivity contribution in [2.24, 2.45) is 0 Å². The molecule has 0 aliphatic heterocycles. The van der Waals surface area contributed by atoms with E-state index in [1.54, 1.807) is 11.8 Å². The first-order valence-corrected chi connectivity index (χ1v) is 6.47. The van der Waals surface area contributed by atoms with Crippen LogP contribution in [0.5, 0.6) is 0 Å². The summed E-state index contributed by atoms with van der Waals surface area (Å²) in [6.45, 7) is 2.02. The molecule has 0 atom stereocenters. The van der Waals surface area contributed by atoms with E-state index in [1.165, 1.54) is 0 Å². The third-order valence-electron chi connectivity index (χ3n) is 2.47. The van der Waals surface area contributed by atoms with E-state index < -0.39 is 5.97 Å². The van der Waals surface area contributed by atoms with Crippen LogP contribution in [0.25, 0.3) is 10.2 Å². The van der Waals surface area contributed by atoms with Gasteiger partial charge in [0, 0.05) is 14.1 Å². The highest BCUT2D eigenvalue weighted by Gasteiger charge is 2.21. The molecule has 102 valence electrons. The summed E-state index contributed by atoms with van der Waals surface area (Å²) in [6.07, 6.45) is 0. The SMILES string of the molecule is CCOC(=O)c1sc2nc(N(C)C)nc(N)c2c1N. The van der Waals surface area contributed by atoms with Crippen LogP contribution < -0.4 is 16.4 Å². The van der Waals surface area contributed by atoms with Crippen molar-refractivity contribution in [2.45, 2.75) is 6.92 Å². The Kier molecular flexibility index (Phi) is 3.43. The summed E-state index contributed by atoms with van der Waals surface area (Å²) in [7, 11) is 3.62. The molecule has 0 unspecified atom stereocenters. The van der Waals surface area contributed by atoms with Crippen molar-refractivity contribution < 1.29 is 9.53 Å². The third kappa shape index (κ3) is 2.26. The number of fused-ring (bicyclic) bond motifs is 1. The summed E-state index contributed by atoms with van der Waals surface area (Å²) in [6, 6.07) is 0. The van der Waals surface area contributed by atoms with Crippen LogP contribution in [0.4, 0.5) is 17.5 Å². The summed E-state index contributed by atoms with van der Waals surface area (Å²) in [5.41, 5.74) is 12.1. The monoisotopic (exact) mass is 281 g/mol. The number of carbonyl (C=O) groups is 1. The van der Waals surface area contributed by atoms with Gasteiger partial charge in [-0.05, 0) is 6.92 Å². The lowest BCUT2D eigenvalue weighted by Gasteiger charge is -2.10. The van der Waals surface area contributed by atoms with Crippen molar-refractivity contribution in [1.82, 2.24) is 9.97 Å². The van der Waals surface area contributed by atoms with Gasteiger partial charge in [-0.2, -0.15) is 4.98 Å². The standard InChI is InChI=1S/C11H15N5O2S/c1-4-18-10(17)7-6(12)5-8(13)14-11(16(2)3)15-9(5)19-7/h4,12H2,1-3H3,(H2,13,14,15). The first kappa shape index (κ1) is 13.3. The van der Waals surface area contributed by atoms with E-state index in [4.69, 9.17) is 16.2 Å². The fourth-order valence-corrected chi connectivity index (χ4v) is 2.58. The molecule has 0 bridgehead atoms. The van der Waals surface area contributed by atoms with Crippen molar-refractivity contribution >= 4 is 45.0 Å². The lowest BCUT2D eigenvalue weighted by Crippen LogP contribution is -2.13. The second-order valence-electron chi connectivity index (χ2n) is 4.05. The Morgan fingerprint density at radius 1 is 1.37 bits per heavy atom. The molecule has 0 fully saturated rings. The zero-order valence-corrected chi connectivity index (χ0v) is 11.7. The highest BCUT2D eigenvalue weighted by atomic mass is 32.1. The minimum Gasteiger partial charge on any atom is -0.462 e. The number of anilines is 3. The van der Waals surface area contributed by atoms with Gasteiger partial charge >= 0.3 is 5.97 Å². The van der Waals surface area contributed by atoms with E-state index in [2.05, 4.69) is 9.97 Å². The maximum Gasteiger partial charge on any atom is 0.350 e. The normalized spacial score (nSPS) is 10.7. The van der Waals surface area contributed by atoms with Crippen LogP contribution in [0.15, 0.2) is 0 Å². The summed E-state index contributed by atoms with van der Waals surface area (Å²) >= 11 is 1.16. The maximum absolute atomic E-state index is 11.8. The van der Waals surface area contributed by atoms with Crippen molar-refractivity contribution in [3.05, 3.63) is 4.88 Å². The van der Waals surface area contributed by atoms with Crippen LogP contribution in [0.3, 0.4) is 0 Å². The molecule has 2 aromatic rings. The van der Waals surface area contributed by atoms with Crippen molar-refractivity contribution in [3.63, 3.8) is 0 Å². The second-order valence-corrected chi connectivity index (χ2v) is 5.05. The molecule has 0 aromatic carbocycles. The van der Waals surface area contributed by atoms with Crippen LogP contribution in [0, 0.1) is 0 Å². The Bertz CT molecular complexity index is 638. The number of hydrogen-bond acceptors (Lipinski definition) is 8. The molecule has 0 aliphatic carbocycles. The van der Waals surface area contributed by atoms with Crippen LogP contribution >= 0.6 is 11.3 Å². The highest BCUT2D eigenvalue weighted by Crippen LogP contribution is 2.36. The first-order chi connectivity index (χ1) is 8.95. The molecule has 0 saturated heterocycles. The summed E-state index contributed by atoms with van der Waals surface area (Å²) in [4.78, 5) is 22.9. The lowest BCUT2D eigenvalue weighted by atomic mass is 10.3. The Morgan fingerprint density at radius 2 is 2.05 bits per heavy atom. The number of esters is 1. The van der Waals surface area contributed by atoms with Gasteiger partial charge in [0.2, 0.25) is 5.95 Å². The molecule has 0 aliphatic rings. The number of nitrogens with two attached hydrogens (primary N) is 2. The number of thiophene rings is 1.